The smallest absolute Gasteiger partial charge is 0.189 e. The average molecular weight is 306 g/mol. The standard InChI is InChI=1S/C13H8ClN3S2/c14-8-2-1-7-5-10-11(9(7)6-8)16-13(19-10)17-12-15-3-4-18-12/h1-4,6H,5H2,(H,15,16,17). The van der Waals surface area contributed by atoms with Crippen molar-refractivity contribution in [3.63, 3.8) is 0 Å². The highest BCUT2D eigenvalue weighted by molar-refractivity contribution is 7.17. The zero-order valence-corrected chi connectivity index (χ0v) is 12.1. The van der Waals surface area contributed by atoms with E-state index in [1.54, 1.807) is 28.9 Å². The zero-order valence-electron chi connectivity index (χ0n) is 9.68. The molecule has 6 heteroatoms. The maximum atomic E-state index is 6.06. The number of nitrogens with zero attached hydrogens (tertiary/aromatic N) is 2. The minimum atomic E-state index is 0.758. The minimum absolute atomic E-state index is 0.758. The van der Waals surface area contributed by atoms with Crippen molar-refractivity contribution in [3.8, 4) is 11.3 Å². The zero-order chi connectivity index (χ0) is 12.8. The van der Waals surface area contributed by atoms with Crippen LogP contribution in [0, 0.1) is 0 Å². The Morgan fingerprint density at radius 1 is 1.26 bits per heavy atom. The Hall–Kier alpha value is -1.43. The highest BCUT2D eigenvalue weighted by Gasteiger charge is 2.23. The van der Waals surface area contributed by atoms with Gasteiger partial charge in [0.05, 0.1) is 5.69 Å². The molecule has 0 spiro atoms. The van der Waals surface area contributed by atoms with E-state index >= 15 is 0 Å². The molecule has 1 aliphatic carbocycles. The number of benzene rings is 1. The van der Waals surface area contributed by atoms with Crippen molar-refractivity contribution in [2.24, 2.45) is 0 Å². The minimum Gasteiger partial charge on any atom is -0.307 e. The van der Waals surface area contributed by atoms with E-state index in [0.717, 1.165) is 33.0 Å². The highest BCUT2D eigenvalue weighted by Crippen LogP contribution is 2.42. The summed E-state index contributed by atoms with van der Waals surface area (Å²) >= 11 is 9.32. The molecule has 1 N–H and O–H groups in total. The molecule has 2 heterocycles. The Balaban J connectivity index is 1.73. The molecule has 0 saturated carbocycles. The number of halogens is 1. The number of fused-ring (bicyclic) bond motifs is 3. The number of aromatic nitrogens is 2. The van der Waals surface area contributed by atoms with Gasteiger partial charge in [0.15, 0.2) is 10.3 Å². The lowest BCUT2D eigenvalue weighted by Crippen LogP contribution is -1.88. The van der Waals surface area contributed by atoms with Gasteiger partial charge in [0.2, 0.25) is 0 Å². The molecule has 4 rings (SSSR count). The molecule has 0 atom stereocenters. The third-order valence-electron chi connectivity index (χ3n) is 3.02. The molecule has 0 saturated heterocycles. The van der Waals surface area contributed by atoms with Gasteiger partial charge in [-0.2, -0.15) is 0 Å². The molecular formula is C13H8ClN3S2. The van der Waals surface area contributed by atoms with Crippen molar-refractivity contribution >= 4 is 44.5 Å². The van der Waals surface area contributed by atoms with E-state index in [4.69, 9.17) is 11.6 Å². The summed E-state index contributed by atoms with van der Waals surface area (Å²) in [6.45, 7) is 0. The average Bonchev–Trinajstić information content (AvgIpc) is 3.06. The van der Waals surface area contributed by atoms with Crippen molar-refractivity contribution < 1.29 is 0 Å². The lowest BCUT2D eigenvalue weighted by Gasteiger charge is -2.00. The van der Waals surface area contributed by atoms with Crippen molar-refractivity contribution in [2.45, 2.75) is 6.42 Å². The second-order valence-corrected chi connectivity index (χ2v) is 6.65. The summed E-state index contributed by atoms with van der Waals surface area (Å²) in [7, 11) is 0. The summed E-state index contributed by atoms with van der Waals surface area (Å²) < 4.78 is 0. The molecule has 1 aromatic carbocycles. The van der Waals surface area contributed by atoms with Crippen LogP contribution in [0.4, 0.5) is 10.3 Å². The third kappa shape index (κ3) is 1.94. The molecule has 0 unspecified atom stereocenters. The van der Waals surface area contributed by atoms with E-state index in [1.165, 1.54) is 10.4 Å². The Bertz CT molecular complexity index is 749. The summed E-state index contributed by atoms with van der Waals surface area (Å²) in [5.74, 6) is 0. The second kappa shape index (κ2) is 4.30. The fourth-order valence-corrected chi connectivity index (χ4v) is 3.97. The van der Waals surface area contributed by atoms with Crippen LogP contribution in [0.25, 0.3) is 11.3 Å². The molecule has 0 aliphatic heterocycles. The molecule has 19 heavy (non-hydrogen) atoms. The van der Waals surface area contributed by atoms with E-state index in [1.807, 2.05) is 17.5 Å². The fourth-order valence-electron chi connectivity index (χ4n) is 2.21. The van der Waals surface area contributed by atoms with Crippen LogP contribution in [-0.4, -0.2) is 9.97 Å². The second-order valence-electron chi connectivity index (χ2n) is 4.23. The summed E-state index contributed by atoms with van der Waals surface area (Å²) in [4.78, 5) is 10.2. The molecule has 0 amide bonds. The number of anilines is 2. The number of thiazole rings is 2. The first-order valence-corrected chi connectivity index (χ1v) is 7.82. The summed E-state index contributed by atoms with van der Waals surface area (Å²) in [5, 5.41) is 7.71. The van der Waals surface area contributed by atoms with Gasteiger partial charge in [-0.15, -0.1) is 22.7 Å². The third-order valence-corrected chi connectivity index (χ3v) is 4.92. The molecule has 3 nitrogen and oxygen atoms in total. The van der Waals surface area contributed by atoms with Gasteiger partial charge in [-0.05, 0) is 17.7 Å². The maximum Gasteiger partial charge on any atom is 0.189 e. The molecular weight excluding hydrogens is 298 g/mol. The van der Waals surface area contributed by atoms with Crippen molar-refractivity contribution in [1.82, 2.24) is 9.97 Å². The van der Waals surface area contributed by atoms with Crippen LogP contribution in [-0.2, 0) is 6.42 Å². The van der Waals surface area contributed by atoms with Gasteiger partial charge in [0, 0.05) is 33.5 Å². The Morgan fingerprint density at radius 3 is 3.05 bits per heavy atom. The lowest BCUT2D eigenvalue weighted by atomic mass is 10.1. The number of nitrogens with one attached hydrogen (secondary N) is 1. The summed E-state index contributed by atoms with van der Waals surface area (Å²) in [5.41, 5.74) is 3.52. The SMILES string of the molecule is Clc1ccc2c(c1)-c1nc(Nc3nccs3)sc1C2. The molecule has 0 fully saturated rings. The van der Waals surface area contributed by atoms with E-state index < -0.39 is 0 Å². The monoisotopic (exact) mass is 305 g/mol. The van der Waals surface area contributed by atoms with Crippen LogP contribution in [0.15, 0.2) is 29.8 Å². The van der Waals surface area contributed by atoms with Gasteiger partial charge >= 0.3 is 0 Å². The van der Waals surface area contributed by atoms with Gasteiger partial charge in [0.25, 0.3) is 0 Å². The normalized spacial score (nSPS) is 12.3. The van der Waals surface area contributed by atoms with Crippen LogP contribution in [0.2, 0.25) is 5.02 Å². The predicted octanol–water partition coefficient (Wildman–Crippen LogP) is 4.57. The first-order chi connectivity index (χ1) is 9.29. The van der Waals surface area contributed by atoms with Crippen LogP contribution < -0.4 is 5.32 Å². The first-order valence-electron chi connectivity index (χ1n) is 5.74. The van der Waals surface area contributed by atoms with Crippen molar-refractivity contribution in [3.05, 3.63) is 45.2 Å². The van der Waals surface area contributed by atoms with Crippen LogP contribution in [0.5, 0.6) is 0 Å². The maximum absolute atomic E-state index is 6.06. The summed E-state index contributed by atoms with van der Waals surface area (Å²) in [6.07, 6.45) is 2.72. The van der Waals surface area contributed by atoms with Gasteiger partial charge in [-0.25, -0.2) is 9.97 Å². The Kier molecular flexibility index (Phi) is 2.58. The molecule has 3 aromatic rings. The highest BCUT2D eigenvalue weighted by atomic mass is 35.5. The van der Waals surface area contributed by atoms with Gasteiger partial charge in [-0.1, -0.05) is 17.7 Å². The Labute approximate surface area is 122 Å². The number of hydrogen-bond donors (Lipinski definition) is 1. The van der Waals surface area contributed by atoms with Crippen molar-refractivity contribution in [2.75, 3.05) is 5.32 Å². The fraction of sp³-hybridized carbons (Fsp3) is 0.0769. The number of hydrogen-bond acceptors (Lipinski definition) is 5. The topological polar surface area (TPSA) is 37.8 Å². The van der Waals surface area contributed by atoms with E-state index in [-0.39, 0.29) is 0 Å². The van der Waals surface area contributed by atoms with Crippen LogP contribution in [0.1, 0.15) is 10.4 Å². The van der Waals surface area contributed by atoms with Gasteiger partial charge in [0.1, 0.15) is 0 Å². The molecule has 94 valence electrons. The summed E-state index contributed by atoms with van der Waals surface area (Å²) in [6, 6.07) is 6.02. The Morgan fingerprint density at radius 2 is 2.21 bits per heavy atom. The molecule has 1 aliphatic rings. The lowest BCUT2D eigenvalue weighted by molar-refractivity contribution is 1.31. The predicted molar refractivity (Wildman–Crippen MR) is 80.8 cm³/mol. The van der Waals surface area contributed by atoms with Crippen LogP contribution >= 0.6 is 34.3 Å². The van der Waals surface area contributed by atoms with Gasteiger partial charge in [-0.3, -0.25) is 0 Å². The van der Waals surface area contributed by atoms with Gasteiger partial charge < -0.3 is 5.32 Å². The quantitative estimate of drug-likeness (QED) is 0.589. The van der Waals surface area contributed by atoms with E-state index in [2.05, 4.69) is 21.4 Å². The molecule has 0 bridgehead atoms. The first kappa shape index (κ1) is 11.4. The van der Waals surface area contributed by atoms with E-state index in [0.29, 0.717) is 0 Å². The molecule has 2 aromatic heterocycles. The van der Waals surface area contributed by atoms with Crippen molar-refractivity contribution in [1.29, 1.82) is 0 Å². The van der Waals surface area contributed by atoms with Crippen LogP contribution in [0.3, 0.4) is 0 Å². The molecule has 0 radical (unpaired) electrons. The van der Waals surface area contributed by atoms with E-state index in [9.17, 15) is 0 Å². The largest absolute Gasteiger partial charge is 0.307 e. The number of rotatable bonds is 2.